The van der Waals surface area contributed by atoms with Crippen LogP contribution >= 0.6 is 23.2 Å². The van der Waals surface area contributed by atoms with Crippen LogP contribution in [0.25, 0.3) is 61.7 Å². The molecule has 0 unspecified atom stereocenters. The van der Waals surface area contributed by atoms with Crippen LogP contribution in [0.1, 0.15) is 29.7 Å². The number of fused-ring (bicyclic) bond motifs is 4. The maximum absolute atomic E-state index is 6.78. The number of halogens is 2. The lowest BCUT2D eigenvalue weighted by atomic mass is 10.00. The summed E-state index contributed by atoms with van der Waals surface area (Å²) in [4.78, 5) is 20.4. The minimum Gasteiger partial charge on any atom is -0.283 e. The molecule has 1 aliphatic heterocycles. The fraction of sp³-hybridized carbons (Fsp3) is 0.0698. The maximum atomic E-state index is 6.78. The number of hydrogen-bond donors (Lipinski definition) is 0. The predicted octanol–water partition coefficient (Wildman–Crippen LogP) is 11.8. The summed E-state index contributed by atoms with van der Waals surface area (Å²) in [5.41, 5.74) is 12.1. The Balaban J connectivity index is 1.19. The molecule has 0 aliphatic carbocycles. The zero-order valence-corrected chi connectivity index (χ0v) is 28.1. The van der Waals surface area contributed by atoms with Crippen molar-refractivity contribution in [3.8, 4) is 33.8 Å². The summed E-state index contributed by atoms with van der Waals surface area (Å²) in [7, 11) is 0. The average Bonchev–Trinajstić information content (AvgIpc) is 3.14. The van der Waals surface area contributed by atoms with E-state index < -0.39 is 0 Å². The Morgan fingerprint density at radius 1 is 0.510 bits per heavy atom. The zero-order valence-electron chi connectivity index (χ0n) is 26.6. The van der Waals surface area contributed by atoms with E-state index in [0.29, 0.717) is 16.6 Å². The van der Waals surface area contributed by atoms with Crippen LogP contribution in [0.15, 0.2) is 145 Å². The fourth-order valence-electron chi connectivity index (χ4n) is 6.23. The first-order valence-electron chi connectivity index (χ1n) is 16.2. The fourth-order valence-corrected chi connectivity index (χ4v) is 6.59. The van der Waals surface area contributed by atoms with E-state index in [1.165, 1.54) is 0 Å². The first-order chi connectivity index (χ1) is 24.0. The zero-order chi connectivity index (χ0) is 33.3. The van der Waals surface area contributed by atoms with Crippen molar-refractivity contribution >= 4 is 56.8 Å². The van der Waals surface area contributed by atoms with Gasteiger partial charge in [-0.3, -0.25) is 9.98 Å². The molecule has 0 amide bonds. The first-order valence-corrected chi connectivity index (χ1v) is 16.9. The van der Waals surface area contributed by atoms with Crippen molar-refractivity contribution in [1.82, 2.24) is 15.0 Å². The van der Waals surface area contributed by atoms with Crippen molar-refractivity contribution in [2.75, 3.05) is 0 Å². The Hall–Kier alpha value is -5.42. The Morgan fingerprint density at radius 3 is 1.82 bits per heavy atom. The van der Waals surface area contributed by atoms with E-state index in [1.54, 1.807) is 0 Å². The third kappa shape index (κ3) is 6.54. The number of allylic oxidation sites excluding steroid dienone is 2. The number of benzene rings is 4. The number of nitrogens with zero attached hydrogens (tertiary/aromatic N) is 4. The summed E-state index contributed by atoms with van der Waals surface area (Å²) in [6.07, 6.45) is 5.78. The highest BCUT2D eigenvalue weighted by molar-refractivity contribution is 6.31. The van der Waals surface area contributed by atoms with E-state index in [0.717, 1.165) is 96.5 Å². The molecule has 0 atom stereocenters. The Labute approximate surface area is 295 Å². The molecule has 0 spiro atoms. The molecule has 7 aromatic rings. The van der Waals surface area contributed by atoms with Gasteiger partial charge in [0.25, 0.3) is 0 Å². The topological polar surface area (TPSA) is 51.0 Å². The largest absolute Gasteiger partial charge is 0.283 e. The van der Waals surface area contributed by atoms with Crippen LogP contribution in [-0.2, 0) is 6.54 Å². The average molecular weight is 674 g/mol. The highest BCUT2D eigenvalue weighted by atomic mass is 35.5. The highest BCUT2D eigenvalue weighted by Crippen LogP contribution is 2.33. The van der Waals surface area contributed by atoms with Crippen molar-refractivity contribution in [3.05, 3.63) is 166 Å². The standard InChI is InChI=1S/C43H30Cl2N4/c1-27-7-9-30-14-20-39(47-41(30)26-46-37(19-8-27)29-12-17-35(44)18-13-29)33-23-34(25-36(45)24-33)40-22-16-32-11-10-31-15-21-38(28-5-3-2-4-6-28)48-42(31)43(32)49-40/h2-7,9-18,20-25H,1,8,19,26H2/b9-7-,46-37?. The van der Waals surface area contributed by atoms with Gasteiger partial charge in [-0.15, -0.1) is 0 Å². The second kappa shape index (κ2) is 13.2. The van der Waals surface area contributed by atoms with E-state index in [-0.39, 0.29) is 0 Å². The van der Waals surface area contributed by atoms with Crippen molar-refractivity contribution < 1.29 is 0 Å². The minimum atomic E-state index is 0.447. The van der Waals surface area contributed by atoms with Crippen LogP contribution < -0.4 is 0 Å². The Bertz CT molecular complexity index is 2450. The molecule has 0 saturated heterocycles. The molecule has 0 bridgehead atoms. The lowest BCUT2D eigenvalue weighted by Gasteiger charge is -2.13. The van der Waals surface area contributed by atoms with Gasteiger partial charge < -0.3 is 0 Å². The predicted molar refractivity (Wildman–Crippen MR) is 205 cm³/mol. The normalized spacial score (nSPS) is 14.0. The van der Waals surface area contributed by atoms with Gasteiger partial charge in [-0.25, -0.2) is 9.97 Å². The van der Waals surface area contributed by atoms with E-state index in [1.807, 2.05) is 66.7 Å². The summed E-state index contributed by atoms with van der Waals surface area (Å²) < 4.78 is 0. The van der Waals surface area contributed by atoms with E-state index in [4.69, 9.17) is 43.1 Å². The molecule has 3 aromatic heterocycles. The quantitative estimate of drug-likeness (QED) is 0.175. The van der Waals surface area contributed by atoms with E-state index in [9.17, 15) is 0 Å². The second-order valence-corrected chi connectivity index (χ2v) is 13.1. The first kappa shape index (κ1) is 30.9. The van der Waals surface area contributed by atoms with Crippen LogP contribution in [0.5, 0.6) is 0 Å². The number of pyridine rings is 3. The van der Waals surface area contributed by atoms with Gasteiger partial charge in [-0.2, -0.15) is 0 Å². The maximum Gasteiger partial charge on any atom is 0.0972 e. The number of rotatable bonds is 4. The molecule has 8 rings (SSSR count). The van der Waals surface area contributed by atoms with Crippen LogP contribution in [-0.4, -0.2) is 20.7 Å². The monoisotopic (exact) mass is 672 g/mol. The van der Waals surface area contributed by atoms with Gasteiger partial charge in [0, 0.05) is 43.2 Å². The van der Waals surface area contributed by atoms with Gasteiger partial charge in [0.15, 0.2) is 0 Å². The van der Waals surface area contributed by atoms with Crippen LogP contribution in [0.4, 0.5) is 0 Å². The second-order valence-electron chi connectivity index (χ2n) is 12.2. The molecule has 6 heteroatoms. The van der Waals surface area contributed by atoms with E-state index >= 15 is 0 Å². The molecular formula is C43H30Cl2N4. The highest BCUT2D eigenvalue weighted by Gasteiger charge is 2.14. The summed E-state index contributed by atoms with van der Waals surface area (Å²) in [6.45, 7) is 4.71. The van der Waals surface area contributed by atoms with Crippen molar-refractivity contribution in [2.24, 2.45) is 4.99 Å². The minimum absolute atomic E-state index is 0.447. The number of aliphatic imine (C=N–C) groups is 1. The molecule has 0 N–H and O–H groups in total. The molecule has 4 heterocycles. The molecule has 236 valence electrons. The third-order valence-corrected chi connectivity index (χ3v) is 9.34. The summed E-state index contributed by atoms with van der Waals surface area (Å²) in [5.74, 6) is 0. The molecule has 0 saturated carbocycles. The molecule has 4 aromatic carbocycles. The number of hydrogen-bond acceptors (Lipinski definition) is 4. The van der Waals surface area contributed by atoms with Crippen LogP contribution in [0.2, 0.25) is 10.0 Å². The van der Waals surface area contributed by atoms with Crippen molar-refractivity contribution in [2.45, 2.75) is 19.4 Å². The van der Waals surface area contributed by atoms with Gasteiger partial charge in [-0.05, 0) is 72.5 Å². The molecular weight excluding hydrogens is 643 g/mol. The molecule has 0 radical (unpaired) electrons. The van der Waals surface area contributed by atoms with Crippen LogP contribution in [0, 0.1) is 0 Å². The summed E-state index contributed by atoms with van der Waals surface area (Å²) in [6, 6.07) is 40.7. The summed E-state index contributed by atoms with van der Waals surface area (Å²) >= 11 is 12.9. The van der Waals surface area contributed by atoms with Crippen LogP contribution in [0.3, 0.4) is 0 Å². The van der Waals surface area contributed by atoms with Gasteiger partial charge >= 0.3 is 0 Å². The third-order valence-electron chi connectivity index (χ3n) is 8.87. The molecule has 49 heavy (non-hydrogen) atoms. The lowest BCUT2D eigenvalue weighted by Crippen LogP contribution is -2.05. The van der Waals surface area contributed by atoms with Gasteiger partial charge in [0.1, 0.15) is 0 Å². The van der Waals surface area contributed by atoms with E-state index in [2.05, 4.69) is 73.3 Å². The Kier molecular flexibility index (Phi) is 8.34. The van der Waals surface area contributed by atoms with Gasteiger partial charge in [0.05, 0.1) is 40.4 Å². The van der Waals surface area contributed by atoms with Crippen molar-refractivity contribution in [3.63, 3.8) is 0 Å². The number of aromatic nitrogens is 3. The van der Waals surface area contributed by atoms with Gasteiger partial charge in [0.2, 0.25) is 0 Å². The Morgan fingerprint density at radius 2 is 1.12 bits per heavy atom. The van der Waals surface area contributed by atoms with Crippen molar-refractivity contribution in [1.29, 1.82) is 0 Å². The molecule has 1 aliphatic rings. The van der Waals surface area contributed by atoms with Gasteiger partial charge in [-0.1, -0.05) is 120 Å². The summed E-state index contributed by atoms with van der Waals surface area (Å²) in [5, 5.41) is 3.38. The SMILES string of the molecule is C=C1/C=C\c2ccc(-c3cc(Cl)cc(-c4ccc5ccc6ccc(-c7ccccc7)nc6c5n4)c3)nc2CN=C(c2ccc(Cl)cc2)CC1. The lowest BCUT2D eigenvalue weighted by molar-refractivity contribution is 0.956. The smallest absolute Gasteiger partial charge is 0.0972 e. The molecule has 4 nitrogen and oxygen atoms in total. The molecule has 0 fully saturated rings.